The molecule has 0 saturated heterocycles. The van der Waals surface area contributed by atoms with Gasteiger partial charge in [0.2, 0.25) is 11.8 Å². The van der Waals surface area contributed by atoms with Crippen molar-refractivity contribution < 1.29 is 19.1 Å². The molecule has 9 nitrogen and oxygen atoms in total. The number of benzene rings is 1. The second kappa shape index (κ2) is 7.95. The Morgan fingerprint density at radius 1 is 1.25 bits per heavy atom. The molecule has 1 aromatic carbocycles. The molecule has 128 valence electrons. The number of carbonyl (C=O) groups is 2. The molecule has 2 aromatic rings. The van der Waals surface area contributed by atoms with Crippen LogP contribution in [-0.4, -0.2) is 41.2 Å². The maximum atomic E-state index is 12.0. The van der Waals surface area contributed by atoms with Crippen LogP contribution in [-0.2, 0) is 9.59 Å². The lowest BCUT2D eigenvalue weighted by atomic mass is 10.2. The summed E-state index contributed by atoms with van der Waals surface area (Å²) in [6.45, 7) is 1.74. The lowest BCUT2D eigenvalue weighted by Gasteiger charge is -2.13. The SMILES string of the molecule is COc1ccc(NC(=O)CC(=O)NC(C)c2ncn[nH]2)c(OC)c1. The number of methoxy groups -OCH3 is 2. The van der Waals surface area contributed by atoms with Gasteiger partial charge in [0.1, 0.15) is 30.1 Å². The number of hydrogen-bond donors (Lipinski definition) is 3. The third-order valence-corrected chi connectivity index (χ3v) is 3.23. The molecule has 0 spiro atoms. The minimum absolute atomic E-state index is 0.326. The lowest BCUT2D eigenvalue weighted by molar-refractivity contribution is -0.127. The van der Waals surface area contributed by atoms with Gasteiger partial charge in [0.25, 0.3) is 0 Å². The first-order valence-electron chi connectivity index (χ1n) is 7.20. The summed E-state index contributed by atoms with van der Waals surface area (Å²) in [5.41, 5.74) is 0.458. The minimum atomic E-state index is -0.458. The van der Waals surface area contributed by atoms with Crippen molar-refractivity contribution in [3.63, 3.8) is 0 Å². The van der Waals surface area contributed by atoms with Gasteiger partial charge in [-0.1, -0.05) is 0 Å². The highest BCUT2D eigenvalue weighted by molar-refractivity contribution is 6.04. The fourth-order valence-electron chi connectivity index (χ4n) is 2.03. The van der Waals surface area contributed by atoms with Crippen LogP contribution in [0.25, 0.3) is 0 Å². The summed E-state index contributed by atoms with van der Waals surface area (Å²) in [7, 11) is 3.02. The van der Waals surface area contributed by atoms with Gasteiger partial charge < -0.3 is 20.1 Å². The summed E-state index contributed by atoms with van der Waals surface area (Å²) in [6.07, 6.45) is 1.02. The molecule has 3 N–H and O–H groups in total. The van der Waals surface area contributed by atoms with E-state index in [0.29, 0.717) is 23.0 Å². The minimum Gasteiger partial charge on any atom is -0.497 e. The number of rotatable bonds is 7. The number of ether oxygens (including phenoxy) is 2. The van der Waals surface area contributed by atoms with Crippen molar-refractivity contribution in [3.8, 4) is 11.5 Å². The van der Waals surface area contributed by atoms with E-state index in [1.165, 1.54) is 20.5 Å². The van der Waals surface area contributed by atoms with Gasteiger partial charge in [-0.25, -0.2) is 4.98 Å². The van der Waals surface area contributed by atoms with E-state index in [1.807, 2.05) is 0 Å². The van der Waals surface area contributed by atoms with E-state index in [9.17, 15) is 9.59 Å². The molecule has 0 bridgehead atoms. The van der Waals surface area contributed by atoms with Gasteiger partial charge in [-0.15, -0.1) is 0 Å². The average Bonchev–Trinajstić information content (AvgIpc) is 3.09. The van der Waals surface area contributed by atoms with E-state index in [2.05, 4.69) is 25.8 Å². The van der Waals surface area contributed by atoms with Crippen LogP contribution in [0.1, 0.15) is 25.2 Å². The zero-order chi connectivity index (χ0) is 17.5. The molecule has 1 aromatic heterocycles. The molecule has 1 atom stereocenters. The van der Waals surface area contributed by atoms with Crippen molar-refractivity contribution in [1.29, 1.82) is 0 Å². The highest BCUT2D eigenvalue weighted by Crippen LogP contribution is 2.29. The zero-order valence-corrected chi connectivity index (χ0v) is 13.6. The molecule has 0 aliphatic rings. The molecule has 0 aliphatic carbocycles. The number of nitrogens with zero attached hydrogens (tertiary/aromatic N) is 2. The Kier molecular flexibility index (Phi) is 5.72. The number of nitrogens with one attached hydrogen (secondary N) is 3. The first kappa shape index (κ1) is 17.3. The number of H-pyrrole nitrogens is 1. The fraction of sp³-hybridized carbons (Fsp3) is 0.333. The van der Waals surface area contributed by atoms with Crippen LogP contribution in [0.3, 0.4) is 0 Å². The summed E-state index contributed by atoms with van der Waals surface area (Å²) in [5, 5.41) is 11.7. The van der Waals surface area contributed by atoms with Crippen molar-refractivity contribution in [1.82, 2.24) is 20.5 Å². The molecule has 1 unspecified atom stereocenters. The van der Waals surface area contributed by atoms with Crippen LogP contribution in [0.2, 0.25) is 0 Å². The number of aromatic amines is 1. The van der Waals surface area contributed by atoms with Gasteiger partial charge in [0.15, 0.2) is 0 Å². The Balaban J connectivity index is 1.92. The Morgan fingerprint density at radius 2 is 2.04 bits per heavy atom. The molecule has 2 rings (SSSR count). The number of anilines is 1. The zero-order valence-electron chi connectivity index (χ0n) is 13.6. The van der Waals surface area contributed by atoms with Crippen LogP contribution >= 0.6 is 0 Å². The predicted molar refractivity (Wildman–Crippen MR) is 85.7 cm³/mol. The monoisotopic (exact) mass is 333 g/mol. The van der Waals surface area contributed by atoms with Crippen molar-refractivity contribution in [2.45, 2.75) is 19.4 Å². The third kappa shape index (κ3) is 4.45. The Labute approximate surface area is 138 Å². The van der Waals surface area contributed by atoms with Gasteiger partial charge in [0, 0.05) is 6.07 Å². The maximum absolute atomic E-state index is 12.0. The first-order chi connectivity index (χ1) is 11.5. The fourth-order valence-corrected chi connectivity index (χ4v) is 2.03. The Hall–Kier alpha value is -3.10. The lowest BCUT2D eigenvalue weighted by Crippen LogP contribution is -2.30. The highest BCUT2D eigenvalue weighted by Gasteiger charge is 2.16. The van der Waals surface area contributed by atoms with Crippen LogP contribution in [0.15, 0.2) is 24.5 Å². The normalized spacial score (nSPS) is 11.5. The molecule has 1 heterocycles. The second-order valence-electron chi connectivity index (χ2n) is 4.95. The Bertz CT molecular complexity index is 702. The summed E-state index contributed by atoms with van der Waals surface area (Å²) in [5.74, 6) is 0.673. The van der Waals surface area contributed by atoms with E-state index in [1.54, 1.807) is 25.1 Å². The standard InChI is InChI=1S/C15H19N5O4/c1-9(15-16-8-17-20-15)18-13(21)7-14(22)19-11-5-4-10(23-2)6-12(11)24-3/h4-6,8-9H,7H2,1-3H3,(H,18,21)(H,19,22)(H,16,17,20). The summed E-state index contributed by atoms with van der Waals surface area (Å²) < 4.78 is 10.3. The molecule has 0 fully saturated rings. The molecule has 0 aliphatic heterocycles. The molecule has 24 heavy (non-hydrogen) atoms. The second-order valence-corrected chi connectivity index (χ2v) is 4.95. The maximum Gasteiger partial charge on any atom is 0.233 e. The van der Waals surface area contributed by atoms with E-state index in [0.717, 1.165) is 0 Å². The molecular formula is C15H19N5O4. The average molecular weight is 333 g/mol. The van der Waals surface area contributed by atoms with Gasteiger partial charge in [-0.3, -0.25) is 14.7 Å². The molecule has 0 saturated carbocycles. The topological polar surface area (TPSA) is 118 Å². The highest BCUT2D eigenvalue weighted by atomic mass is 16.5. The summed E-state index contributed by atoms with van der Waals surface area (Å²) in [6, 6.07) is 4.60. The van der Waals surface area contributed by atoms with Crippen LogP contribution < -0.4 is 20.1 Å². The van der Waals surface area contributed by atoms with Crippen molar-refractivity contribution >= 4 is 17.5 Å². The number of amides is 2. The summed E-state index contributed by atoms with van der Waals surface area (Å²) in [4.78, 5) is 27.9. The molecule has 9 heteroatoms. The molecule has 2 amide bonds. The number of aromatic nitrogens is 3. The number of hydrogen-bond acceptors (Lipinski definition) is 6. The summed E-state index contributed by atoms with van der Waals surface area (Å²) >= 11 is 0. The van der Waals surface area contributed by atoms with Gasteiger partial charge >= 0.3 is 0 Å². The van der Waals surface area contributed by atoms with E-state index < -0.39 is 11.8 Å². The van der Waals surface area contributed by atoms with E-state index in [4.69, 9.17) is 9.47 Å². The molecular weight excluding hydrogens is 314 g/mol. The quantitative estimate of drug-likeness (QED) is 0.651. The van der Waals surface area contributed by atoms with Crippen molar-refractivity contribution in [3.05, 3.63) is 30.4 Å². The van der Waals surface area contributed by atoms with Gasteiger partial charge in [0.05, 0.1) is 25.9 Å². The number of carbonyl (C=O) groups excluding carboxylic acids is 2. The molecule has 0 radical (unpaired) electrons. The van der Waals surface area contributed by atoms with Crippen molar-refractivity contribution in [2.75, 3.05) is 19.5 Å². The van der Waals surface area contributed by atoms with Crippen LogP contribution in [0.5, 0.6) is 11.5 Å². The van der Waals surface area contributed by atoms with Crippen molar-refractivity contribution in [2.24, 2.45) is 0 Å². The van der Waals surface area contributed by atoms with E-state index >= 15 is 0 Å². The Morgan fingerprint density at radius 3 is 2.67 bits per heavy atom. The van der Waals surface area contributed by atoms with Gasteiger partial charge in [-0.2, -0.15) is 5.10 Å². The predicted octanol–water partition coefficient (Wildman–Crippen LogP) is 1.03. The van der Waals surface area contributed by atoms with Gasteiger partial charge in [-0.05, 0) is 19.1 Å². The smallest absolute Gasteiger partial charge is 0.233 e. The van der Waals surface area contributed by atoms with Crippen LogP contribution in [0.4, 0.5) is 5.69 Å². The van der Waals surface area contributed by atoms with Crippen LogP contribution in [0, 0.1) is 0 Å². The first-order valence-corrected chi connectivity index (χ1v) is 7.20. The third-order valence-electron chi connectivity index (χ3n) is 3.23. The largest absolute Gasteiger partial charge is 0.497 e. The van der Waals surface area contributed by atoms with E-state index in [-0.39, 0.29) is 12.5 Å².